The smallest absolute Gasteiger partial charge is 0.229 e. The molecule has 0 atom stereocenters. The van der Waals surface area contributed by atoms with Gasteiger partial charge in [-0.2, -0.15) is 4.98 Å². The van der Waals surface area contributed by atoms with Crippen molar-refractivity contribution in [3.63, 3.8) is 0 Å². The Bertz CT molecular complexity index is 771. The van der Waals surface area contributed by atoms with E-state index in [1.165, 1.54) is 0 Å². The van der Waals surface area contributed by atoms with Crippen molar-refractivity contribution < 1.29 is 5.11 Å². The third-order valence-corrected chi connectivity index (χ3v) is 3.27. The van der Waals surface area contributed by atoms with Gasteiger partial charge in [-0.05, 0) is 42.8 Å². The van der Waals surface area contributed by atoms with Crippen LogP contribution in [0.1, 0.15) is 13.3 Å². The molecular formula is C17H18N4O. The van der Waals surface area contributed by atoms with Crippen LogP contribution in [0.5, 0.6) is 5.75 Å². The average molecular weight is 294 g/mol. The molecule has 5 heteroatoms. The zero-order chi connectivity index (χ0) is 15.4. The first-order chi connectivity index (χ1) is 10.8. The van der Waals surface area contributed by atoms with E-state index in [-0.39, 0.29) is 5.75 Å². The number of hydrogen-bond donors (Lipinski definition) is 3. The van der Waals surface area contributed by atoms with Crippen LogP contribution in [-0.2, 0) is 0 Å². The molecule has 0 saturated heterocycles. The highest BCUT2D eigenvalue weighted by molar-refractivity contribution is 5.90. The van der Waals surface area contributed by atoms with Crippen molar-refractivity contribution in [2.24, 2.45) is 0 Å². The molecule has 1 heterocycles. The van der Waals surface area contributed by atoms with Crippen LogP contribution in [0, 0.1) is 0 Å². The molecule has 5 nitrogen and oxygen atoms in total. The number of hydrogen-bond acceptors (Lipinski definition) is 5. The minimum atomic E-state index is 0.232. The lowest BCUT2D eigenvalue weighted by Crippen LogP contribution is -2.06. The molecule has 3 aromatic rings. The van der Waals surface area contributed by atoms with Gasteiger partial charge >= 0.3 is 0 Å². The molecule has 0 spiro atoms. The first-order valence-corrected chi connectivity index (χ1v) is 7.33. The van der Waals surface area contributed by atoms with Crippen LogP contribution in [0.3, 0.4) is 0 Å². The number of rotatable bonds is 5. The van der Waals surface area contributed by atoms with E-state index < -0.39 is 0 Å². The molecule has 0 saturated carbocycles. The Hall–Kier alpha value is -2.82. The molecule has 0 aliphatic carbocycles. The van der Waals surface area contributed by atoms with E-state index in [2.05, 4.69) is 27.5 Å². The molecule has 0 aliphatic heterocycles. The average Bonchev–Trinajstić information content (AvgIpc) is 2.55. The summed E-state index contributed by atoms with van der Waals surface area (Å²) in [5, 5.41) is 16.9. The third kappa shape index (κ3) is 3.09. The van der Waals surface area contributed by atoms with Crippen molar-refractivity contribution in [2.45, 2.75) is 13.3 Å². The second-order valence-electron chi connectivity index (χ2n) is 5.01. The molecule has 112 valence electrons. The van der Waals surface area contributed by atoms with Crippen molar-refractivity contribution in [3.8, 4) is 5.75 Å². The summed E-state index contributed by atoms with van der Waals surface area (Å²) in [4.78, 5) is 9.10. The van der Waals surface area contributed by atoms with E-state index in [9.17, 15) is 5.11 Å². The Morgan fingerprint density at radius 1 is 1.00 bits per heavy atom. The number of phenolic OH excluding ortho intramolecular Hbond substituents is 1. The predicted molar refractivity (Wildman–Crippen MR) is 89.7 cm³/mol. The summed E-state index contributed by atoms with van der Waals surface area (Å²) in [6.45, 7) is 2.98. The predicted octanol–water partition coefficient (Wildman–Crippen LogP) is 3.90. The first kappa shape index (κ1) is 14.1. The second kappa shape index (κ2) is 6.30. The van der Waals surface area contributed by atoms with Gasteiger partial charge in [-0.3, -0.25) is 0 Å². The largest absolute Gasteiger partial charge is 0.508 e. The van der Waals surface area contributed by atoms with Crippen molar-refractivity contribution in [1.29, 1.82) is 0 Å². The van der Waals surface area contributed by atoms with Crippen molar-refractivity contribution >= 4 is 28.4 Å². The van der Waals surface area contributed by atoms with Crippen molar-refractivity contribution in [3.05, 3.63) is 48.5 Å². The fraction of sp³-hybridized carbons (Fsp3) is 0.176. The zero-order valence-corrected chi connectivity index (χ0v) is 12.4. The Morgan fingerprint density at radius 2 is 1.77 bits per heavy atom. The highest BCUT2D eigenvalue weighted by atomic mass is 16.3. The highest BCUT2D eigenvalue weighted by Crippen LogP contribution is 2.24. The quantitative estimate of drug-likeness (QED) is 0.623. The summed E-state index contributed by atoms with van der Waals surface area (Å²) >= 11 is 0. The lowest BCUT2D eigenvalue weighted by atomic mass is 10.2. The van der Waals surface area contributed by atoms with Gasteiger partial charge in [0.05, 0.1) is 5.52 Å². The summed E-state index contributed by atoms with van der Waals surface area (Å²) in [6, 6.07) is 14.7. The molecule has 0 amide bonds. The molecule has 0 unspecified atom stereocenters. The molecule has 0 bridgehead atoms. The Morgan fingerprint density at radius 3 is 2.55 bits per heavy atom. The number of phenols is 1. The maximum Gasteiger partial charge on any atom is 0.229 e. The fourth-order valence-corrected chi connectivity index (χ4v) is 2.18. The normalized spacial score (nSPS) is 10.6. The molecule has 2 aromatic carbocycles. The van der Waals surface area contributed by atoms with E-state index >= 15 is 0 Å². The van der Waals surface area contributed by atoms with Crippen LogP contribution in [-0.4, -0.2) is 21.6 Å². The van der Waals surface area contributed by atoms with E-state index in [0.717, 1.165) is 35.4 Å². The van der Waals surface area contributed by atoms with Crippen molar-refractivity contribution in [1.82, 2.24) is 9.97 Å². The van der Waals surface area contributed by atoms with Crippen LogP contribution < -0.4 is 10.6 Å². The second-order valence-corrected chi connectivity index (χ2v) is 5.01. The number of nitrogens with zero attached hydrogens (tertiary/aromatic N) is 2. The van der Waals surface area contributed by atoms with Gasteiger partial charge in [0.15, 0.2) is 0 Å². The number of para-hydroxylation sites is 1. The SMILES string of the molecule is CCCNc1nc(Nc2ccc(O)cc2)nc2ccccc12. The summed E-state index contributed by atoms with van der Waals surface area (Å²) in [6.07, 6.45) is 1.03. The Kier molecular flexibility index (Phi) is 4.05. The highest BCUT2D eigenvalue weighted by Gasteiger charge is 2.07. The first-order valence-electron chi connectivity index (χ1n) is 7.33. The molecule has 0 fully saturated rings. The molecule has 3 rings (SSSR count). The summed E-state index contributed by atoms with van der Waals surface area (Å²) in [5.74, 6) is 1.59. The van der Waals surface area contributed by atoms with Crippen LogP contribution in [0.4, 0.5) is 17.5 Å². The molecule has 3 N–H and O–H groups in total. The van der Waals surface area contributed by atoms with Gasteiger partial charge in [0, 0.05) is 17.6 Å². The standard InChI is InChI=1S/C17H18N4O/c1-2-11-18-16-14-5-3-4-6-15(14)20-17(21-16)19-12-7-9-13(22)10-8-12/h3-10,22H,2,11H2,1H3,(H2,18,19,20,21). The van der Waals surface area contributed by atoms with Gasteiger partial charge in [-0.1, -0.05) is 19.1 Å². The Labute approximate surface area is 129 Å². The summed E-state index contributed by atoms with van der Waals surface area (Å²) < 4.78 is 0. The minimum Gasteiger partial charge on any atom is -0.508 e. The van der Waals surface area contributed by atoms with Gasteiger partial charge in [-0.15, -0.1) is 0 Å². The zero-order valence-electron chi connectivity index (χ0n) is 12.4. The number of fused-ring (bicyclic) bond motifs is 1. The number of aromatic nitrogens is 2. The lowest BCUT2D eigenvalue weighted by Gasteiger charge is -2.11. The Balaban J connectivity index is 1.96. The molecule has 1 aromatic heterocycles. The van der Waals surface area contributed by atoms with Gasteiger partial charge in [0.2, 0.25) is 5.95 Å². The van der Waals surface area contributed by atoms with Gasteiger partial charge in [0.1, 0.15) is 11.6 Å². The van der Waals surface area contributed by atoms with E-state index in [1.807, 2.05) is 24.3 Å². The van der Waals surface area contributed by atoms with E-state index in [1.54, 1.807) is 24.3 Å². The third-order valence-electron chi connectivity index (χ3n) is 3.27. The number of anilines is 3. The van der Waals surface area contributed by atoms with Crippen LogP contribution in [0.25, 0.3) is 10.9 Å². The molecule has 0 aliphatic rings. The van der Waals surface area contributed by atoms with Gasteiger partial charge in [-0.25, -0.2) is 4.98 Å². The summed E-state index contributed by atoms with van der Waals surface area (Å²) in [7, 11) is 0. The summed E-state index contributed by atoms with van der Waals surface area (Å²) in [5.41, 5.74) is 1.71. The maximum atomic E-state index is 9.34. The fourth-order valence-electron chi connectivity index (χ4n) is 2.18. The van der Waals surface area contributed by atoms with Crippen LogP contribution in [0.15, 0.2) is 48.5 Å². The number of nitrogens with one attached hydrogen (secondary N) is 2. The van der Waals surface area contributed by atoms with Gasteiger partial charge in [0.25, 0.3) is 0 Å². The van der Waals surface area contributed by atoms with E-state index in [4.69, 9.17) is 0 Å². The number of benzene rings is 2. The number of aromatic hydroxyl groups is 1. The van der Waals surface area contributed by atoms with Crippen LogP contribution in [0.2, 0.25) is 0 Å². The molecule has 22 heavy (non-hydrogen) atoms. The van der Waals surface area contributed by atoms with Crippen molar-refractivity contribution in [2.75, 3.05) is 17.2 Å². The molecular weight excluding hydrogens is 276 g/mol. The monoisotopic (exact) mass is 294 g/mol. The molecule has 0 radical (unpaired) electrons. The van der Waals surface area contributed by atoms with E-state index in [0.29, 0.717) is 5.95 Å². The topological polar surface area (TPSA) is 70.1 Å². The van der Waals surface area contributed by atoms with Gasteiger partial charge < -0.3 is 15.7 Å². The maximum absolute atomic E-state index is 9.34. The minimum absolute atomic E-state index is 0.232. The lowest BCUT2D eigenvalue weighted by molar-refractivity contribution is 0.475. The van der Waals surface area contributed by atoms with Crippen LogP contribution >= 0.6 is 0 Å².